The second kappa shape index (κ2) is 7.45. The van der Waals surface area contributed by atoms with Crippen LogP contribution >= 0.6 is 0 Å². The molecule has 8 heteroatoms. The number of halogens is 1. The summed E-state index contributed by atoms with van der Waals surface area (Å²) < 4.78 is 21.1. The van der Waals surface area contributed by atoms with Gasteiger partial charge in [-0.05, 0) is 0 Å². The Hall–Kier alpha value is -3.06. The normalized spacial score (nSPS) is 10.3. The molecule has 0 fully saturated rings. The number of methoxy groups -OCH3 is 3. The lowest BCUT2D eigenvalue weighted by Crippen LogP contribution is -3.00. The van der Waals surface area contributed by atoms with E-state index in [1.807, 2.05) is 0 Å². The van der Waals surface area contributed by atoms with Gasteiger partial charge < -0.3 is 41.9 Å². The predicted molar refractivity (Wildman–Crippen MR) is 90.7 cm³/mol. The monoisotopic (exact) mass is 380 g/mol. The number of fused-ring (bicyclic) bond motifs is 1. The van der Waals surface area contributed by atoms with Crippen LogP contribution < -0.4 is 26.6 Å². The van der Waals surface area contributed by atoms with Gasteiger partial charge in [-0.3, -0.25) is 0 Å². The lowest BCUT2D eigenvalue weighted by molar-refractivity contribution is -0.00000910. The molecule has 0 aliphatic carbocycles. The van der Waals surface area contributed by atoms with Crippen molar-refractivity contribution in [2.45, 2.75) is 0 Å². The number of phenolic OH excluding ortho intramolecular Hbond substituents is 2. The fourth-order valence-corrected chi connectivity index (χ4v) is 2.53. The Morgan fingerprint density at radius 3 is 1.92 bits per heavy atom. The summed E-state index contributed by atoms with van der Waals surface area (Å²) in [5, 5.41) is 30.7. The Bertz CT molecular complexity index is 931. The summed E-state index contributed by atoms with van der Waals surface area (Å²) in [7, 11) is 4.27. The smallest absolute Gasteiger partial charge is 0.402 e. The first kappa shape index (κ1) is 19.3. The molecule has 0 amide bonds. The first-order valence-electron chi connectivity index (χ1n) is 7.30. The molecule has 0 saturated heterocycles. The van der Waals surface area contributed by atoms with Crippen LogP contribution in [0.5, 0.6) is 34.5 Å². The van der Waals surface area contributed by atoms with E-state index in [2.05, 4.69) is 0 Å². The van der Waals surface area contributed by atoms with Crippen LogP contribution in [0.25, 0.3) is 22.3 Å². The van der Waals surface area contributed by atoms with Gasteiger partial charge in [-0.2, -0.15) is 0 Å². The van der Waals surface area contributed by atoms with Crippen LogP contribution in [0.15, 0.2) is 34.7 Å². The van der Waals surface area contributed by atoms with Crippen LogP contribution in [0.4, 0.5) is 0 Å². The minimum atomic E-state index is -0.192. The van der Waals surface area contributed by atoms with Crippen molar-refractivity contribution >= 4 is 11.0 Å². The van der Waals surface area contributed by atoms with Crippen molar-refractivity contribution in [3.63, 3.8) is 0 Å². The minimum absolute atomic E-state index is 0. The van der Waals surface area contributed by atoms with Crippen LogP contribution in [-0.4, -0.2) is 36.6 Å². The summed E-state index contributed by atoms with van der Waals surface area (Å²) in [4.78, 5) is 0. The number of ether oxygens (including phenoxy) is 3. The third-order valence-electron chi connectivity index (χ3n) is 3.80. The summed E-state index contributed by atoms with van der Waals surface area (Å²) in [6.45, 7) is 0. The van der Waals surface area contributed by atoms with Gasteiger partial charge in [-0.25, -0.2) is 4.42 Å². The fraction of sp³-hybridized carbons (Fsp3) is 0.167. The second-order valence-electron chi connectivity index (χ2n) is 5.25. The van der Waals surface area contributed by atoms with E-state index in [0.29, 0.717) is 22.3 Å². The van der Waals surface area contributed by atoms with Gasteiger partial charge in [-0.15, -0.1) is 0 Å². The lowest BCUT2D eigenvalue weighted by atomic mass is 10.1. The van der Waals surface area contributed by atoms with E-state index in [1.54, 1.807) is 6.07 Å². The van der Waals surface area contributed by atoms with Crippen molar-refractivity contribution in [2.75, 3.05) is 21.3 Å². The molecule has 7 nitrogen and oxygen atoms in total. The van der Waals surface area contributed by atoms with Gasteiger partial charge in [-0.1, -0.05) is 0 Å². The predicted octanol–water partition coefficient (Wildman–Crippen LogP) is 0.528. The molecule has 3 rings (SSSR count). The zero-order valence-electron chi connectivity index (χ0n) is 14.2. The molecule has 3 N–H and O–H groups in total. The van der Waals surface area contributed by atoms with Crippen LogP contribution in [0, 0.1) is 0 Å². The Morgan fingerprint density at radius 1 is 0.769 bits per heavy atom. The van der Waals surface area contributed by atoms with Gasteiger partial charge in [0.15, 0.2) is 11.5 Å². The highest BCUT2D eigenvalue weighted by atomic mass is 35.5. The summed E-state index contributed by atoms with van der Waals surface area (Å²) in [5.41, 5.74) is 0.740. The Balaban J connectivity index is 0.00000243. The number of rotatable bonds is 4. The number of aromatic hydroxyl groups is 3. The van der Waals surface area contributed by atoms with Crippen molar-refractivity contribution in [3.8, 4) is 45.8 Å². The number of benzene rings is 2. The molecule has 138 valence electrons. The topological polar surface area (TPSA) is 99.7 Å². The van der Waals surface area contributed by atoms with Gasteiger partial charge in [0.2, 0.25) is 11.5 Å². The van der Waals surface area contributed by atoms with E-state index in [4.69, 9.17) is 18.6 Å². The molecule has 0 bridgehead atoms. The number of hydrogen-bond acceptors (Lipinski definition) is 6. The van der Waals surface area contributed by atoms with Gasteiger partial charge in [0.25, 0.3) is 0 Å². The molecule has 1 aromatic heterocycles. The van der Waals surface area contributed by atoms with Crippen LogP contribution in [-0.2, 0) is 0 Å². The van der Waals surface area contributed by atoms with Gasteiger partial charge in [0.1, 0.15) is 16.9 Å². The van der Waals surface area contributed by atoms with E-state index in [9.17, 15) is 15.3 Å². The van der Waals surface area contributed by atoms with Crippen molar-refractivity contribution in [2.24, 2.45) is 0 Å². The maximum Gasteiger partial charge on any atom is 0.402 e. The Labute approximate surface area is 155 Å². The summed E-state index contributed by atoms with van der Waals surface area (Å²) in [6, 6.07) is 7.40. The molecule has 2 aromatic carbocycles. The third-order valence-corrected chi connectivity index (χ3v) is 3.80. The Morgan fingerprint density at radius 2 is 1.38 bits per heavy atom. The molecule has 0 aliphatic rings. The van der Waals surface area contributed by atoms with E-state index < -0.39 is 0 Å². The summed E-state index contributed by atoms with van der Waals surface area (Å²) in [5.74, 6) is 0.426. The molecule has 3 aromatic rings. The zero-order valence-corrected chi connectivity index (χ0v) is 15.0. The highest BCUT2D eigenvalue weighted by molar-refractivity contribution is 5.88. The quantitative estimate of drug-likeness (QED) is 0.568. The highest BCUT2D eigenvalue weighted by Crippen LogP contribution is 2.44. The van der Waals surface area contributed by atoms with E-state index in [0.717, 1.165) is 0 Å². The largest absolute Gasteiger partial charge is 1.00 e. The van der Waals surface area contributed by atoms with Crippen LogP contribution in [0.2, 0.25) is 0 Å². The zero-order chi connectivity index (χ0) is 18.1. The van der Waals surface area contributed by atoms with E-state index in [1.165, 1.54) is 45.6 Å². The lowest BCUT2D eigenvalue weighted by Gasteiger charge is -2.09. The standard InChI is InChI=1S/C18H16O7.ClH/c1-22-10-6-12(19)11-8-13(20)18(25-14(11)7-10)9-4-15(23-2)17(21)16(5-9)24-3;/h4-8H,1-3H3,(H2-,19,20,21);1H. The van der Waals surface area contributed by atoms with Crippen molar-refractivity contribution in [3.05, 3.63) is 30.3 Å². The molecule has 0 atom stereocenters. The van der Waals surface area contributed by atoms with Crippen LogP contribution in [0.1, 0.15) is 0 Å². The molecule has 0 radical (unpaired) electrons. The molecular weight excluding hydrogens is 364 g/mol. The first-order valence-corrected chi connectivity index (χ1v) is 7.30. The Kier molecular flexibility index (Phi) is 5.52. The summed E-state index contributed by atoms with van der Waals surface area (Å²) in [6.07, 6.45) is 0. The molecule has 0 aliphatic heterocycles. The van der Waals surface area contributed by atoms with E-state index >= 15 is 0 Å². The highest BCUT2D eigenvalue weighted by Gasteiger charge is 2.26. The molecule has 0 saturated carbocycles. The van der Waals surface area contributed by atoms with Crippen molar-refractivity contribution in [1.29, 1.82) is 0 Å². The molecular formula is C18H17ClO7. The molecule has 26 heavy (non-hydrogen) atoms. The maximum atomic E-state index is 10.3. The maximum absolute atomic E-state index is 10.3. The van der Waals surface area contributed by atoms with Gasteiger partial charge in [0.05, 0.1) is 33.0 Å². The van der Waals surface area contributed by atoms with Crippen molar-refractivity contribution < 1.29 is 46.4 Å². The minimum Gasteiger partial charge on any atom is -1.00 e. The second-order valence-corrected chi connectivity index (χ2v) is 5.25. The average molecular weight is 381 g/mol. The van der Waals surface area contributed by atoms with Crippen LogP contribution in [0.3, 0.4) is 0 Å². The SMILES string of the molecule is COc1cc(O)c2cc(O)c(-c3cc(OC)c(O)c(OC)c3)[o+]c2c1.[Cl-]. The van der Waals surface area contributed by atoms with Gasteiger partial charge in [0, 0.05) is 24.3 Å². The third kappa shape index (κ3) is 3.21. The first-order chi connectivity index (χ1) is 12.0. The molecule has 1 heterocycles. The molecule has 0 unspecified atom stereocenters. The van der Waals surface area contributed by atoms with Crippen molar-refractivity contribution in [1.82, 2.24) is 0 Å². The molecule has 0 spiro atoms. The number of hydrogen-bond donors (Lipinski definition) is 3. The van der Waals surface area contributed by atoms with E-state index in [-0.39, 0.29) is 46.9 Å². The number of phenols is 2. The average Bonchev–Trinajstić information content (AvgIpc) is 2.62. The van der Waals surface area contributed by atoms with Gasteiger partial charge >= 0.3 is 11.3 Å². The summed E-state index contributed by atoms with van der Waals surface area (Å²) >= 11 is 0. The fourth-order valence-electron chi connectivity index (χ4n) is 2.53.